The van der Waals surface area contributed by atoms with Crippen LogP contribution in [0.1, 0.15) is 23.3 Å². The molecule has 124 valence electrons. The van der Waals surface area contributed by atoms with Crippen molar-refractivity contribution in [3.63, 3.8) is 0 Å². The van der Waals surface area contributed by atoms with Crippen molar-refractivity contribution < 1.29 is 4.74 Å². The Kier molecular flexibility index (Phi) is 3.76. The van der Waals surface area contributed by atoms with Gasteiger partial charge in [-0.2, -0.15) is 0 Å². The first-order valence-corrected chi connectivity index (χ1v) is 8.91. The number of ether oxygens (including phenoxy) is 1. The van der Waals surface area contributed by atoms with E-state index in [9.17, 15) is 4.79 Å². The largest absolute Gasteiger partial charge is 0.497 e. The fraction of sp³-hybridized carbons (Fsp3) is 0.333. The summed E-state index contributed by atoms with van der Waals surface area (Å²) in [6.45, 7) is 0. The second-order valence-electron chi connectivity index (χ2n) is 6.05. The highest BCUT2D eigenvalue weighted by atomic mass is 32.1. The van der Waals surface area contributed by atoms with Crippen LogP contribution in [-0.4, -0.2) is 16.7 Å². The zero-order chi connectivity index (χ0) is 16.7. The standard InChI is InChI=1S/C18H19N3O2S/c1-21-17(22)15-13-8-3-4-9-14(13)24-16(15)20-18(21)19-11-6-5-7-12(10-11)23-2/h5-7,10H,3-4,8-9H2,1-2H3,(H,19,20). The van der Waals surface area contributed by atoms with Crippen LogP contribution in [-0.2, 0) is 19.9 Å². The number of anilines is 2. The van der Waals surface area contributed by atoms with Crippen LogP contribution in [0.15, 0.2) is 29.1 Å². The number of rotatable bonds is 3. The maximum absolute atomic E-state index is 12.9. The van der Waals surface area contributed by atoms with Gasteiger partial charge in [0.15, 0.2) is 0 Å². The second-order valence-corrected chi connectivity index (χ2v) is 7.13. The van der Waals surface area contributed by atoms with E-state index >= 15 is 0 Å². The molecule has 0 atom stereocenters. The van der Waals surface area contributed by atoms with E-state index in [1.807, 2.05) is 24.3 Å². The Morgan fingerprint density at radius 3 is 2.96 bits per heavy atom. The third-order valence-electron chi connectivity index (χ3n) is 4.52. The third-order valence-corrected chi connectivity index (χ3v) is 5.71. The minimum Gasteiger partial charge on any atom is -0.497 e. The van der Waals surface area contributed by atoms with E-state index in [2.05, 4.69) is 5.32 Å². The van der Waals surface area contributed by atoms with E-state index in [4.69, 9.17) is 9.72 Å². The fourth-order valence-electron chi connectivity index (χ4n) is 3.23. The molecule has 0 spiro atoms. The minimum atomic E-state index is 0.0322. The molecule has 0 bridgehead atoms. The van der Waals surface area contributed by atoms with Gasteiger partial charge in [-0.1, -0.05) is 6.07 Å². The summed E-state index contributed by atoms with van der Waals surface area (Å²) in [5.74, 6) is 1.32. The Balaban J connectivity index is 1.81. The zero-order valence-electron chi connectivity index (χ0n) is 13.8. The molecule has 1 aromatic carbocycles. The molecule has 1 aliphatic rings. The normalized spacial score (nSPS) is 13.8. The quantitative estimate of drug-likeness (QED) is 0.790. The number of aryl methyl sites for hydroxylation is 2. The summed E-state index contributed by atoms with van der Waals surface area (Å²) >= 11 is 1.67. The zero-order valence-corrected chi connectivity index (χ0v) is 14.6. The van der Waals surface area contributed by atoms with E-state index in [1.54, 1.807) is 30.1 Å². The minimum absolute atomic E-state index is 0.0322. The smallest absolute Gasteiger partial charge is 0.263 e. The van der Waals surface area contributed by atoms with Gasteiger partial charge in [-0.15, -0.1) is 11.3 Å². The van der Waals surface area contributed by atoms with Crippen LogP contribution < -0.4 is 15.6 Å². The van der Waals surface area contributed by atoms with Crippen LogP contribution >= 0.6 is 11.3 Å². The summed E-state index contributed by atoms with van der Waals surface area (Å²) in [4.78, 5) is 19.8. The lowest BCUT2D eigenvalue weighted by Crippen LogP contribution is -2.21. The van der Waals surface area contributed by atoms with Crippen molar-refractivity contribution in [1.29, 1.82) is 0 Å². The lowest BCUT2D eigenvalue weighted by atomic mass is 9.97. The summed E-state index contributed by atoms with van der Waals surface area (Å²) in [5, 5.41) is 4.05. The first kappa shape index (κ1) is 15.2. The molecule has 0 saturated carbocycles. The van der Waals surface area contributed by atoms with E-state index in [0.717, 1.165) is 40.9 Å². The highest BCUT2D eigenvalue weighted by molar-refractivity contribution is 7.18. The number of hydrogen-bond donors (Lipinski definition) is 1. The summed E-state index contributed by atoms with van der Waals surface area (Å²) in [6, 6.07) is 7.60. The molecule has 6 heteroatoms. The Bertz CT molecular complexity index is 974. The van der Waals surface area contributed by atoms with Crippen molar-refractivity contribution in [1.82, 2.24) is 9.55 Å². The predicted octanol–water partition coefficient (Wildman–Crippen LogP) is 3.63. The van der Waals surface area contributed by atoms with Crippen LogP contribution in [0.25, 0.3) is 10.2 Å². The van der Waals surface area contributed by atoms with Gasteiger partial charge in [0.2, 0.25) is 5.95 Å². The molecule has 5 nitrogen and oxygen atoms in total. The second kappa shape index (κ2) is 5.94. The van der Waals surface area contributed by atoms with Gasteiger partial charge in [0, 0.05) is 23.7 Å². The molecule has 1 aliphatic carbocycles. The SMILES string of the molecule is COc1cccc(Nc2nc3sc4c(c3c(=O)n2C)CCCC4)c1. The number of benzene rings is 1. The highest BCUT2D eigenvalue weighted by Gasteiger charge is 2.21. The molecule has 0 saturated heterocycles. The van der Waals surface area contributed by atoms with Crippen LogP contribution in [0.3, 0.4) is 0 Å². The van der Waals surface area contributed by atoms with E-state index in [-0.39, 0.29) is 5.56 Å². The summed E-state index contributed by atoms with van der Waals surface area (Å²) < 4.78 is 6.85. The maximum atomic E-state index is 12.9. The molecule has 0 radical (unpaired) electrons. The lowest BCUT2D eigenvalue weighted by molar-refractivity contribution is 0.415. The summed E-state index contributed by atoms with van der Waals surface area (Å²) in [5.41, 5.74) is 2.10. The van der Waals surface area contributed by atoms with Gasteiger partial charge in [0.05, 0.1) is 12.5 Å². The van der Waals surface area contributed by atoms with Gasteiger partial charge in [-0.25, -0.2) is 4.98 Å². The number of thiophene rings is 1. The fourth-order valence-corrected chi connectivity index (χ4v) is 4.48. The highest BCUT2D eigenvalue weighted by Crippen LogP contribution is 2.34. The Hall–Kier alpha value is -2.34. The topological polar surface area (TPSA) is 56.1 Å². The third kappa shape index (κ3) is 2.47. The number of hydrogen-bond acceptors (Lipinski definition) is 5. The molecule has 0 fully saturated rings. The molecule has 2 heterocycles. The van der Waals surface area contributed by atoms with Crippen molar-refractivity contribution in [3.8, 4) is 5.75 Å². The van der Waals surface area contributed by atoms with Gasteiger partial charge < -0.3 is 10.1 Å². The molecule has 0 aliphatic heterocycles. The van der Waals surface area contributed by atoms with Crippen molar-refractivity contribution in [2.45, 2.75) is 25.7 Å². The van der Waals surface area contributed by atoms with Crippen LogP contribution in [0.4, 0.5) is 11.6 Å². The van der Waals surface area contributed by atoms with Crippen LogP contribution in [0, 0.1) is 0 Å². The molecule has 2 aromatic heterocycles. The first-order valence-electron chi connectivity index (χ1n) is 8.09. The number of aromatic nitrogens is 2. The molecule has 1 N–H and O–H groups in total. The molecule has 4 rings (SSSR count). The first-order chi connectivity index (χ1) is 11.7. The summed E-state index contributed by atoms with van der Waals surface area (Å²) in [7, 11) is 3.40. The van der Waals surface area contributed by atoms with Gasteiger partial charge in [-0.05, 0) is 43.4 Å². The summed E-state index contributed by atoms with van der Waals surface area (Å²) in [6.07, 6.45) is 4.42. The molecule has 24 heavy (non-hydrogen) atoms. The van der Waals surface area contributed by atoms with E-state index in [1.165, 1.54) is 16.9 Å². The van der Waals surface area contributed by atoms with Crippen LogP contribution in [0.2, 0.25) is 0 Å². The Labute approximate surface area is 143 Å². The van der Waals surface area contributed by atoms with Gasteiger partial charge in [0.25, 0.3) is 5.56 Å². The number of nitrogens with one attached hydrogen (secondary N) is 1. The number of nitrogens with zero attached hydrogens (tertiary/aromatic N) is 2. The van der Waals surface area contributed by atoms with Crippen molar-refractivity contribution >= 4 is 33.2 Å². The average Bonchev–Trinajstić information content (AvgIpc) is 2.98. The van der Waals surface area contributed by atoms with Crippen molar-refractivity contribution in [2.24, 2.45) is 7.05 Å². The lowest BCUT2D eigenvalue weighted by Gasteiger charge is -2.12. The van der Waals surface area contributed by atoms with Crippen LogP contribution in [0.5, 0.6) is 5.75 Å². The molecule has 3 aromatic rings. The molecular weight excluding hydrogens is 322 g/mol. The molecular formula is C18H19N3O2S. The van der Waals surface area contributed by atoms with Crippen molar-refractivity contribution in [2.75, 3.05) is 12.4 Å². The molecule has 0 amide bonds. The van der Waals surface area contributed by atoms with Crippen molar-refractivity contribution in [3.05, 3.63) is 45.1 Å². The molecule has 0 unspecified atom stereocenters. The number of methoxy groups -OCH3 is 1. The predicted molar refractivity (Wildman–Crippen MR) is 97.8 cm³/mol. The monoisotopic (exact) mass is 341 g/mol. The number of fused-ring (bicyclic) bond motifs is 3. The van der Waals surface area contributed by atoms with Gasteiger partial charge in [0.1, 0.15) is 10.6 Å². The maximum Gasteiger partial charge on any atom is 0.263 e. The van der Waals surface area contributed by atoms with Gasteiger partial charge >= 0.3 is 0 Å². The Morgan fingerprint density at radius 2 is 2.12 bits per heavy atom. The Morgan fingerprint density at radius 1 is 1.29 bits per heavy atom. The van der Waals surface area contributed by atoms with E-state index < -0.39 is 0 Å². The van der Waals surface area contributed by atoms with E-state index in [0.29, 0.717) is 5.95 Å². The van der Waals surface area contributed by atoms with Gasteiger partial charge in [-0.3, -0.25) is 9.36 Å². The average molecular weight is 341 g/mol.